The van der Waals surface area contributed by atoms with Gasteiger partial charge in [0.2, 0.25) is 0 Å². The maximum absolute atomic E-state index is 6.07. The molecule has 0 aliphatic carbocycles. The predicted molar refractivity (Wildman–Crippen MR) is 125 cm³/mol. The second kappa shape index (κ2) is 15.3. The molecule has 1 aliphatic heterocycles. The first-order valence-electron chi connectivity index (χ1n) is 9.72. The lowest BCUT2D eigenvalue weighted by atomic mass is 10.1. The molecule has 0 bridgehead atoms. The highest BCUT2D eigenvalue weighted by molar-refractivity contribution is 14.0. The van der Waals surface area contributed by atoms with Crippen LogP contribution in [0.4, 0.5) is 0 Å². The summed E-state index contributed by atoms with van der Waals surface area (Å²) in [5, 5.41) is 7.29. The highest BCUT2D eigenvalue weighted by atomic mass is 127. The minimum absolute atomic E-state index is 0. The molecule has 1 aromatic carbocycles. The summed E-state index contributed by atoms with van der Waals surface area (Å²) in [7, 11) is 1.69. The molecule has 28 heavy (non-hydrogen) atoms. The van der Waals surface area contributed by atoms with Crippen LogP contribution in [0.3, 0.4) is 0 Å². The van der Waals surface area contributed by atoms with Gasteiger partial charge >= 0.3 is 0 Å². The van der Waals surface area contributed by atoms with Crippen LogP contribution in [-0.4, -0.2) is 58.6 Å². The van der Waals surface area contributed by atoms with E-state index in [0.29, 0.717) is 18.2 Å². The number of nitrogens with one attached hydrogen (secondary N) is 2. The molecule has 2 rings (SSSR count). The summed E-state index contributed by atoms with van der Waals surface area (Å²) in [6.07, 6.45) is 3.33. The van der Waals surface area contributed by atoms with E-state index in [9.17, 15) is 0 Å². The third-order valence-electron chi connectivity index (χ3n) is 4.35. The first-order chi connectivity index (χ1) is 13.2. The molecule has 0 saturated carbocycles. The van der Waals surface area contributed by atoms with Gasteiger partial charge in [-0.05, 0) is 43.9 Å². The van der Waals surface area contributed by atoms with Crippen molar-refractivity contribution in [1.82, 2.24) is 10.6 Å². The topological polar surface area (TPSA) is 64.1 Å². The zero-order valence-corrected chi connectivity index (χ0v) is 19.9. The average Bonchev–Trinajstić information content (AvgIpc) is 3.18. The highest BCUT2D eigenvalue weighted by Gasteiger charge is 2.15. The Morgan fingerprint density at radius 1 is 1.39 bits per heavy atom. The minimum atomic E-state index is -0.131. The number of hydrogen-bond donors (Lipinski definition) is 2. The summed E-state index contributed by atoms with van der Waals surface area (Å²) >= 11 is 6.07. The summed E-state index contributed by atoms with van der Waals surface area (Å²) in [5.41, 5.74) is 1.02. The predicted octanol–water partition coefficient (Wildman–Crippen LogP) is 3.79. The fraction of sp³-hybridized carbons (Fsp3) is 0.650. The van der Waals surface area contributed by atoms with Crippen molar-refractivity contribution in [2.24, 2.45) is 4.99 Å². The van der Waals surface area contributed by atoms with Crippen LogP contribution in [0.1, 0.15) is 37.9 Å². The van der Waals surface area contributed by atoms with Crippen molar-refractivity contribution in [1.29, 1.82) is 0 Å². The third-order valence-corrected chi connectivity index (χ3v) is 4.59. The summed E-state index contributed by atoms with van der Waals surface area (Å²) in [6, 6.07) is 7.69. The summed E-state index contributed by atoms with van der Waals surface area (Å²) in [6.45, 7) is 6.45. The van der Waals surface area contributed by atoms with Crippen LogP contribution in [-0.2, 0) is 14.2 Å². The normalized spacial score (nSPS) is 17.8. The number of halogens is 2. The number of hydrogen-bond acceptors (Lipinski definition) is 4. The van der Waals surface area contributed by atoms with Gasteiger partial charge in [0.15, 0.2) is 5.96 Å². The molecule has 2 atom stereocenters. The zero-order valence-electron chi connectivity index (χ0n) is 16.8. The van der Waals surface area contributed by atoms with Crippen LogP contribution < -0.4 is 10.6 Å². The van der Waals surface area contributed by atoms with Gasteiger partial charge in [-0.2, -0.15) is 0 Å². The quantitative estimate of drug-likeness (QED) is 0.199. The molecule has 2 N–H and O–H groups in total. The Morgan fingerprint density at radius 3 is 2.93 bits per heavy atom. The first-order valence-corrected chi connectivity index (χ1v) is 10.1. The van der Waals surface area contributed by atoms with Gasteiger partial charge in [-0.15, -0.1) is 24.0 Å². The van der Waals surface area contributed by atoms with Gasteiger partial charge < -0.3 is 24.8 Å². The van der Waals surface area contributed by atoms with Crippen molar-refractivity contribution in [3.8, 4) is 0 Å². The maximum Gasteiger partial charge on any atom is 0.191 e. The number of benzene rings is 1. The van der Waals surface area contributed by atoms with Gasteiger partial charge in [-0.3, -0.25) is 4.99 Å². The molecule has 0 spiro atoms. The van der Waals surface area contributed by atoms with Crippen LogP contribution in [0.2, 0.25) is 5.02 Å². The van der Waals surface area contributed by atoms with E-state index in [1.807, 2.05) is 31.2 Å². The standard InChI is InChI=1S/C20H32ClN3O3.HI/c1-3-22-20(23-10-6-11-26-15-18-9-5-12-27-18)24-14-19(25-2)16-7-4-8-17(21)13-16;/h4,7-8,13,18-19H,3,5-6,9-12,14-15H2,1-2H3,(H2,22,23,24);1H. The molecule has 1 fully saturated rings. The number of methoxy groups -OCH3 is 1. The molecular weight excluding hydrogens is 493 g/mol. The van der Waals surface area contributed by atoms with Gasteiger partial charge in [0.1, 0.15) is 6.10 Å². The fourth-order valence-electron chi connectivity index (χ4n) is 2.91. The lowest BCUT2D eigenvalue weighted by molar-refractivity contribution is 0.0168. The van der Waals surface area contributed by atoms with E-state index in [4.69, 9.17) is 25.8 Å². The van der Waals surface area contributed by atoms with Gasteiger partial charge in [0.25, 0.3) is 0 Å². The molecule has 0 aromatic heterocycles. The van der Waals surface area contributed by atoms with E-state index >= 15 is 0 Å². The van der Waals surface area contributed by atoms with Crippen LogP contribution in [0.25, 0.3) is 0 Å². The smallest absolute Gasteiger partial charge is 0.191 e. The molecule has 1 saturated heterocycles. The lowest BCUT2D eigenvalue weighted by Crippen LogP contribution is -2.38. The zero-order chi connectivity index (χ0) is 19.3. The average molecular weight is 526 g/mol. The summed E-state index contributed by atoms with van der Waals surface area (Å²) < 4.78 is 16.8. The Kier molecular flexibility index (Phi) is 13.9. The molecule has 0 amide bonds. The van der Waals surface area contributed by atoms with Crippen molar-refractivity contribution in [2.75, 3.05) is 46.6 Å². The van der Waals surface area contributed by atoms with Crippen LogP contribution in [0.15, 0.2) is 29.3 Å². The van der Waals surface area contributed by atoms with E-state index in [-0.39, 0.29) is 36.2 Å². The number of aliphatic imine (C=N–C) groups is 1. The van der Waals surface area contributed by atoms with Gasteiger partial charge in [-0.25, -0.2) is 0 Å². The molecule has 1 heterocycles. The Hall–Kier alpha value is -0.610. The molecule has 160 valence electrons. The van der Waals surface area contributed by atoms with Crippen LogP contribution in [0.5, 0.6) is 0 Å². The maximum atomic E-state index is 6.07. The third kappa shape index (κ3) is 9.73. The second-order valence-electron chi connectivity index (χ2n) is 6.49. The molecule has 8 heteroatoms. The number of ether oxygens (including phenoxy) is 3. The molecule has 2 unspecified atom stereocenters. The highest BCUT2D eigenvalue weighted by Crippen LogP contribution is 2.20. The molecule has 6 nitrogen and oxygen atoms in total. The van der Waals surface area contributed by atoms with Crippen molar-refractivity contribution >= 4 is 41.5 Å². The first kappa shape index (κ1) is 25.4. The van der Waals surface area contributed by atoms with Crippen molar-refractivity contribution < 1.29 is 14.2 Å². The van der Waals surface area contributed by atoms with E-state index < -0.39 is 0 Å². The Labute approximate surface area is 190 Å². The van der Waals surface area contributed by atoms with Gasteiger partial charge in [-0.1, -0.05) is 23.7 Å². The molecule has 1 aliphatic rings. The molecule has 1 aromatic rings. The van der Waals surface area contributed by atoms with Gasteiger partial charge in [0.05, 0.1) is 19.3 Å². The summed E-state index contributed by atoms with van der Waals surface area (Å²) in [4.78, 5) is 4.64. The van der Waals surface area contributed by atoms with Crippen molar-refractivity contribution in [2.45, 2.75) is 38.4 Å². The van der Waals surface area contributed by atoms with E-state index in [2.05, 4.69) is 15.6 Å². The number of rotatable bonds is 11. The minimum Gasteiger partial charge on any atom is -0.379 e. The Bertz CT molecular complexity index is 571. The number of guanidine groups is 1. The molecular formula is C20H33ClIN3O3. The van der Waals surface area contributed by atoms with Gasteiger partial charge in [0, 0.05) is 38.4 Å². The SMILES string of the molecule is CCNC(=NCC(OC)c1cccc(Cl)c1)NCCCOCC1CCCO1.I. The Morgan fingerprint density at radius 2 is 2.25 bits per heavy atom. The van der Waals surface area contributed by atoms with E-state index in [0.717, 1.165) is 57.1 Å². The van der Waals surface area contributed by atoms with Crippen LogP contribution in [0, 0.1) is 0 Å². The largest absolute Gasteiger partial charge is 0.379 e. The van der Waals surface area contributed by atoms with Crippen LogP contribution >= 0.6 is 35.6 Å². The van der Waals surface area contributed by atoms with E-state index in [1.165, 1.54) is 0 Å². The Balaban J connectivity index is 0.00000392. The lowest BCUT2D eigenvalue weighted by Gasteiger charge is -2.16. The molecule has 0 radical (unpaired) electrons. The fourth-order valence-corrected chi connectivity index (χ4v) is 3.11. The van der Waals surface area contributed by atoms with E-state index in [1.54, 1.807) is 7.11 Å². The monoisotopic (exact) mass is 525 g/mol. The van der Waals surface area contributed by atoms with Crippen molar-refractivity contribution in [3.05, 3.63) is 34.9 Å². The second-order valence-corrected chi connectivity index (χ2v) is 6.93. The number of nitrogens with zero attached hydrogens (tertiary/aromatic N) is 1. The summed E-state index contributed by atoms with van der Waals surface area (Å²) in [5.74, 6) is 0.778. The van der Waals surface area contributed by atoms with Crippen molar-refractivity contribution in [3.63, 3.8) is 0 Å².